The summed E-state index contributed by atoms with van der Waals surface area (Å²) in [5.74, 6) is -0.619. The van der Waals surface area contributed by atoms with Crippen LogP contribution in [-0.2, 0) is 9.84 Å². The Morgan fingerprint density at radius 2 is 1.43 bits per heavy atom. The van der Waals surface area contributed by atoms with Gasteiger partial charge in [-0.3, -0.25) is 4.79 Å². The molecule has 0 aliphatic carbocycles. The molecule has 0 aromatic heterocycles. The van der Waals surface area contributed by atoms with Crippen molar-refractivity contribution in [3.8, 4) is 11.1 Å². The molecule has 1 unspecified atom stereocenters. The number of carbonyl (C=O) groups is 1. The minimum Gasteiger partial charge on any atom is -0.291 e. The maximum Gasteiger partial charge on any atom is 0.204 e. The lowest BCUT2D eigenvalue weighted by atomic mass is 10.0. The highest BCUT2D eigenvalue weighted by Gasteiger charge is 2.41. The van der Waals surface area contributed by atoms with Gasteiger partial charge in [-0.2, -0.15) is 0 Å². The molecule has 0 saturated heterocycles. The van der Waals surface area contributed by atoms with Crippen molar-refractivity contribution in [1.29, 1.82) is 0 Å². The average molecular weight is 323 g/mol. The molecule has 2 aromatic rings. The van der Waals surface area contributed by atoms with Crippen molar-refractivity contribution in [1.82, 2.24) is 0 Å². The van der Waals surface area contributed by atoms with Crippen LogP contribution < -0.4 is 0 Å². The predicted octanol–water partition coefficient (Wildman–Crippen LogP) is 3.54. The standard InChI is InChI=1S/C16H15ClO3S/c1-16(17,21(2,19)20)15(18)14-10-8-13(9-11-14)12-6-4-3-5-7-12/h3-11H,1-2H3. The van der Waals surface area contributed by atoms with Gasteiger partial charge in [0.2, 0.25) is 4.21 Å². The molecule has 5 heteroatoms. The van der Waals surface area contributed by atoms with Gasteiger partial charge in [-0.05, 0) is 18.1 Å². The van der Waals surface area contributed by atoms with Crippen LogP contribution in [0.3, 0.4) is 0 Å². The number of carbonyl (C=O) groups excluding carboxylic acids is 1. The van der Waals surface area contributed by atoms with Gasteiger partial charge in [0.25, 0.3) is 0 Å². The zero-order valence-corrected chi connectivity index (χ0v) is 13.3. The average Bonchev–Trinajstić information content (AvgIpc) is 2.46. The molecule has 0 fully saturated rings. The number of Topliss-reactive ketones (excluding diaryl/α,β-unsaturated/α-hetero) is 1. The molecule has 0 amide bonds. The maximum absolute atomic E-state index is 12.2. The number of sulfone groups is 1. The molecule has 2 rings (SSSR count). The summed E-state index contributed by atoms with van der Waals surface area (Å²) in [5, 5.41) is 0. The van der Waals surface area contributed by atoms with Crippen molar-refractivity contribution < 1.29 is 13.2 Å². The van der Waals surface area contributed by atoms with E-state index in [-0.39, 0.29) is 5.56 Å². The van der Waals surface area contributed by atoms with Gasteiger partial charge in [-0.25, -0.2) is 8.42 Å². The highest BCUT2D eigenvalue weighted by molar-refractivity contribution is 7.94. The Labute approximate surface area is 129 Å². The number of hydrogen-bond donors (Lipinski definition) is 0. The van der Waals surface area contributed by atoms with E-state index >= 15 is 0 Å². The molecule has 0 N–H and O–H groups in total. The quantitative estimate of drug-likeness (QED) is 0.639. The van der Waals surface area contributed by atoms with E-state index in [0.29, 0.717) is 0 Å². The van der Waals surface area contributed by atoms with Crippen molar-refractivity contribution in [3.63, 3.8) is 0 Å². The molecule has 3 nitrogen and oxygen atoms in total. The van der Waals surface area contributed by atoms with Crippen LogP contribution in [0.4, 0.5) is 0 Å². The normalized spacial score (nSPS) is 14.4. The van der Waals surface area contributed by atoms with Gasteiger partial charge in [0.1, 0.15) is 0 Å². The third-order valence-electron chi connectivity index (χ3n) is 3.36. The lowest BCUT2D eigenvalue weighted by Gasteiger charge is -2.18. The minimum atomic E-state index is -3.70. The highest BCUT2D eigenvalue weighted by Crippen LogP contribution is 2.28. The summed E-state index contributed by atoms with van der Waals surface area (Å²) < 4.78 is 21.3. The fraction of sp³-hybridized carbons (Fsp3) is 0.188. The van der Waals surface area contributed by atoms with E-state index in [0.717, 1.165) is 17.4 Å². The maximum atomic E-state index is 12.2. The molecule has 1 atom stereocenters. The summed E-state index contributed by atoms with van der Waals surface area (Å²) in [5.41, 5.74) is 2.24. The second-order valence-electron chi connectivity index (χ2n) is 4.96. The van der Waals surface area contributed by atoms with Crippen LogP contribution in [0.1, 0.15) is 17.3 Å². The fourth-order valence-electron chi connectivity index (χ4n) is 1.87. The lowest BCUT2D eigenvalue weighted by Crippen LogP contribution is -2.37. The van der Waals surface area contributed by atoms with Crippen LogP contribution in [0.25, 0.3) is 11.1 Å². The minimum absolute atomic E-state index is 0.276. The van der Waals surface area contributed by atoms with E-state index in [1.807, 2.05) is 30.3 Å². The van der Waals surface area contributed by atoms with Gasteiger partial charge < -0.3 is 0 Å². The van der Waals surface area contributed by atoms with Crippen LogP contribution in [0.15, 0.2) is 54.6 Å². The molecular formula is C16H15ClO3S. The van der Waals surface area contributed by atoms with Crippen LogP contribution in [-0.4, -0.2) is 24.7 Å². The van der Waals surface area contributed by atoms with Crippen LogP contribution in [0.5, 0.6) is 0 Å². The van der Waals surface area contributed by atoms with Gasteiger partial charge in [-0.1, -0.05) is 66.2 Å². The summed E-state index contributed by atoms with van der Waals surface area (Å²) in [6.45, 7) is 1.21. The number of hydrogen-bond acceptors (Lipinski definition) is 3. The number of rotatable bonds is 4. The van der Waals surface area contributed by atoms with E-state index in [2.05, 4.69) is 0 Å². The molecule has 0 aliphatic rings. The van der Waals surface area contributed by atoms with Crippen molar-refractivity contribution >= 4 is 27.2 Å². The second-order valence-corrected chi connectivity index (χ2v) is 8.30. The molecule has 110 valence electrons. The zero-order chi connectivity index (χ0) is 15.7. The molecule has 0 aliphatic heterocycles. The summed E-state index contributed by atoms with van der Waals surface area (Å²) in [7, 11) is -3.70. The van der Waals surface area contributed by atoms with Crippen LogP contribution >= 0.6 is 11.6 Å². The summed E-state index contributed by atoms with van der Waals surface area (Å²) in [6, 6.07) is 16.4. The Hall–Kier alpha value is -1.65. The predicted molar refractivity (Wildman–Crippen MR) is 85.3 cm³/mol. The van der Waals surface area contributed by atoms with E-state index in [1.54, 1.807) is 24.3 Å². The number of alkyl halides is 1. The third-order valence-corrected chi connectivity index (χ3v) is 5.95. The Morgan fingerprint density at radius 3 is 1.90 bits per heavy atom. The van der Waals surface area contributed by atoms with E-state index in [9.17, 15) is 13.2 Å². The molecule has 21 heavy (non-hydrogen) atoms. The monoisotopic (exact) mass is 322 g/mol. The van der Waals surface area contributed by atoms with Crippen LogP contribution in [0, 0.1) is 0 Å². The molecule has 0 heterocycles. The number of benzene rings is 2. The zero-order valence-electron chi connectivity index (χ0n) is 11.7. The van der Waals surface area contributed by atoms with Gasteiger partial charge in [0.15, 0.2) is 15.6 Å². The largest absolute Gasteiger partial charge is 0.291 e. The number of halogens is 1. The van der Waals surface area contributed by atoms with Gasteiger partial charge >= 0.3 is 0 Å². The Kier molecular flexibility index (Phi) is 4.21. The molecule has 0 spiro atoms. The van der Waals surface area contributed by atoms with E-state index in [1.165, 1.54) is 6.92 Å². The molecule has 0 saturated carbocycles. The SMILES string of the molecule is CC(Cl)(C(=O)c1ccc(-c2ccccc2)cc1)S(C)(=O)=O. The van der Waals surface area contributed by atoms with Gasteiger partial charge in [0.05, 0.1) is 0 Å². The summed E-state index contributed by atoms with van der Waals surface area (Å²) in [6.07, 6.45) is 0.955. The third kappa shape index (κ3) is 3.17. The van der Waals surface area contributed by atoms with Crippen molar-refractivity contribution in [2.45, 2.75) is 11.1 Å². The molecule has 0 bridgehead atoms. The lowest BCUT2D eigenvalue weighted by molar-refractivity contribution is 0.0978. The Balaban J connectivity index is 2.34. The first-order valence-electron chi connectivity index (χ1n) is 6.32. The first-order chi connectivity index (χ1) is 9.73. The molecular weight excluding hydrogens is 308 g/mol. The van der Waals surface area contributed by atoms with Crippen molar-refractivity contribution in [2.75, 3.05) is 6.26 Å². The van der Waals surface area contributed by atoms with E-state index < -0.39 is 19.8 Å². The fourth-order valence-corrected chi connectivity index (χ4v) is 2.43. The first-order valence-corrected chi connectivity index (χ1v) is 8.59. The van der Waals surface area contributed by atoms with Crippen molar-refractivity contribution in [3.05, 3.63) is 60.2 Å². The van der Waals surface area contributed by atoms with Gasteiger partial charge in [-0.15, -0.1) is 0 Å². The summed E-state index contributed by atoms with van der Waals surface area (Å²) >= 11 is 5.92. The Morgan fingerprint density at radius 1 is 0.952 bits per heavy atom. The second kappa shape index (κ2) is 5.62. The smallest absolute Gasteiger partial charge is 0.204 e. The van der Waals surface area contributed by atoms with E-state index in [4.69, 9.17) is 11.6 Å². The number of ketones is 1. The highest BCUT2D eigenvalue weighted by atomic mass is 35.5. The van der Waals surface area contributed by atoms with Crippen molar-refractivity contribution in [2.24, 2.45) is 0 Å². The van der Waals surface area contributed by atoms with Gasteiger partial charge in [0, 0.05) is 11.8 Å². The molecule has 0 radical (unpaired) electrons. The molecule has 2 aromatic carbocycles. The first kappa shape index (κ1) is 15.7. The van der Waals surface area contributed by atoms with Crippen LogP contribution in [0.2, 0.25) is 0 Å². The topological polar surface area (TPSA) is 51.2 Å². The Bertz CT molecular complexity index is 748. The summed E-state index contributed by atoms with van der Waals surface area (Å²) in [4.78, 5) is 12.2.